The summed E-state index contributed by atoms with van der Waals surface area (Å²) in [5.74, 6) is 1.60. The Morgan fingerprint density at radius 2 is 2.06 bits per heavy atom. The normalized spacial score (nSPS) is 20.2. The summed E-state index contributed by atoms with van der Waals surface area (Å²) >= 11 is 0. The zero-order valence-corrected chi connectivity index (χ0v) is 19.9. The largest absolute Gasteiger partial charge is 0.469 e. The van der Waals surface area contributed by atoms with Crippen molar-refractivity contribution >= 4 is 11.7 Å². The average Bonchev–Trinajstić information content (AvgIpc) is 3.17. The van der Waals surface area contributed by atoms with Crippen LogP contribution in [-0.2, 0) is 17.8 Å². The number of hydrogen-bond donors (Lipinski definition) is 0. The van der Waals surface area contributed by atoms with Crippen molar-refractivity contribution in [1.29, 1.82) is 5.26 Å². The maximum absolute atomic E-state index is 13.0. The molecule has 7 heteroatoms. The van der Waals surface area contributed by atoms with Crippen molar-refractivity contribution in [3.05, 3.63) is 46.0 Å². The van der Waals surface area contributed by atoms with Crippen LogP contribution in [0.2, 0.25) is 0 Å². The van der Waals surface area contributed by atoms with Crippen molar-refractivity contribution in [1.82, 2.24) is 9.88 Å². The monoisotopic (exact) mass is 436 g/mol. The van der Waals surface area contributed by atoms with E-state index in [1.54, 1.807) is 12.3 Å². The molecule has 170 valence electrons. The van der Waals surface area contributed by atoms with Crippen LogP contribution in [0.15, 0.2) is 16.7 Å². The van der Waals surface area contributed by atoms with Crippen molar-refractivity contribution in [2.45, 2.75) is 72.1 Å². The number of furan rings is 1. The Hall–Kier alpha value is -2.85. The van der Waals surface area contributed by atoms with E-state index in [9.17, 15) is 10.1 Å². The fourth-order valence-corrected chi connectivity index (χ4v) is 4.82. The number of ether oxygens (including phenoxy) is 1. The van der Waals surface area contributed by atoms with Crippen LogP contribution in [0.5, 0.6) is 0 Å². The second-order valence-corrected chi connectivity index (χ2v) is 9.83. The third-order valence-corrected chi connectivity index (χ3v) is 6.57. The summed E-state index contributed by atoms with van der Waals surface area (Å²) in [6.45, 7) is 14.6. The predicted octanol–water partition coefficient (Wildman–Crippen LogP) is 4.18. The number of carbonyl (C=O) groups excluding carboxylic acids is 1. The molecule has 2 aromatic rings. The lowest BCUT2D eigenvalue weighted by molar-refractivity contribution is -0.0408. The van der Waals surface area contributed by atoms with Gasteiger partial charge in [-0.2, -0.15) is 5.26 Å². The zero-order valence-electron chi connectivity index (χ0n) is 19.9. The van der Waals surface area contributed by atoms with Crippen LogP contribution in [0.3, 0.4) is 0 Å². The number of aromatic nitrogens is 1. The highest BCUT2D eigenvalue weighted by Crippen LogP contribution is 2.38. The molecule has 0 N–H and O–H groups in total. The van der Waals surface area contributed by atoms with Crippen molar-refractivity contribution in [2.75, 3.05) is 24.5 Å². The van der Waals surface area contributed by atoms with Gasteiger partial charge in [-0.15, -0.1) is 0 Å². The molecule has 0 bridgehead atoms. The summed E-state index contributed by atoms with van der Waals surface area (Å²) in [6.07, 6.45) is 2.24. The first-order chi connectivity index (χ1) is 15.1. The number of hydrogen-bond acceptors (Lipinski definition) is 6. The molecular weight excluding hydrogens is 404 g/mol. The number of pyridine rings is 1. The molecule has 1 fully saturated rings. The van der Waals surface area contributed by atoms with Crippen LogP contribution in [0.25, 0.3) is 0 Å². The van der Waals surface area contributed by atoms with Gasteiger partial charge in [0.2, 0.25) is 0 Å². The van der Waals surface area contributed by atoms with Crippen LogP contribution in [0.1, 0.15) is 79.0 Å². The molecule has 0 radical (unpaired) electrons. The van der Waals surface area contributed by atoms with Gasteiger partial charge < -0.3 is 19.0 Å². The van der Waals surface area contributed by atoms with Gasteiger partial charge in [0, 0.05) is 37.7 Å². The highest BCUT2D eigenvalue weighted by atomic mass is 16.5. The molecule has 2 aromatic heterocycles. The maximum atomic E-state index is 13.0. The summed E-state index contributed by atoms with van der Waals surface area (Å²) in [6, 6.07) is 4.16. The average molecular weight is 437 g/mol. The van der Waals surface area contributed by atoms with E-state index in [0.717, 1.165) is 22.6 Å². The molecule has 0 unspecified atom stereocenters. The second kappa shape index (κ2) is 8.25. The second-order valence-electron chi connectivity index (χ2n) is 9.83. The number of rotatable bonds is 3. The molecule has 1 atom stereocenters. The van der Waals surface area contributed by atoms with E-state index in [4.69, 9.17) is 14.1 Å². The van der Waals surface area contributed by atoms with Crippen molar-refractivity contribution in [3.63, 3.8) is 0 Å². The lowest BCUT2D eigenvalue weighted by Crippen LogP contribution is -2.54. The van der Waals surface area contributed by atoms with Gasteiger partial charge in [-0.25, -0.2) is 4.98 Å². The van der Waals surface area contributed by atoms with E-state index in [-0.39, 0.29) is 23.5 Å². The Balaban J connectivity index is 1.67. The van der Waals surface area contributed by atoms with Gasteiger partial charge in [0.1, 0.15) is 17.6 Å². The first kappa shape index (κ1) is 22.3. The van der Waals surface area contributed by atoms with E-state index in [1.807, 2.05) is 18.7 Å². The van der Waals surface area contributed by atoms with Gasteiger partial charge in [-0.05, 0) is 45.2 Å². The Morgan fingerprint density at radius 1 is 1.31 bits per heavy atom. The van der Waals surface area contributed by atoms with E-state index < -0.39 is 0 Å². The minimum atomic E-state index is -0.313. The molecule has 4 heterocycles. The molecule has 0 spiro atoms. The summed E-state index contributed by atoms with van der Waals surface area (Å²) in [5, 5.41) is 10.1. The van der Waals surface area contributed by atoms with Crippen LogP contribution in [0, 0.1) is 18.3 Å². The SMILES string of the molecule is Cc1occc1C(=O)N1CCN(c2nc(C(C)C)c3c(c2C#N)CC(C)(C)OC3)C[C@H]1C. The molecule has 7 nitrogen and oxygen atoms in total. The topological polar surface area (TPSA) is 82.6 Å². The summed E-state index contributed by atoms with van der Waals surface area (Å²) in [5.41, 5.74) is 4.09. The van der Waals surface area contributed by atoms with Gasteiger partial charge in [0.25, 0.3) is 5.91 Å². The first-order valence-corrected chi connectivity index (χ1v) is 11.3. The first-order valence-electron chi connectivity index (χ1n) is 11.3. The smallest absolute Gasteiger partial charge is 0.257 e. The summed E-state index contributed by atoms with van der Waals surface area (Å²) in [7, 11) is 0. The lowest BCUT2D eigenvalue weighted by atomic mass is 9.86. The van der Waals surface area contributed by atoms with Gasteiger partial charge in [-0.1, -0.05) is 13.8 Å². The Labute approximate surface area is 190 Å². The van der Waals surface area contributed by atoms with Crippen molar-refractivity contribution < 1.29 is 13.9 Å². The number of carbonyl (C=O) groups is 1. The summed E-state index contributed by atoms with van der Waals surface area (Å²) in [4.78, 5) is 22.1. The molecule has 4 rings (SSSR count). The lowest BCUT2D eigenvalue weighted by Gasteiger charge is -2.42. The van der Waals surface area contributed by atoms with E-state index in [1.165, 1.54) is 0 Å². The Kier molecular flexibility index (Phi) is 5.76. The fourth-order valence-electron chi connectivity index (χ4n) is 4.82. The number of aryl methyl sites for hydroxylation is 1. The third-order valence-electron chi connectivity index (χ3n) is 6.57. The quantitative estimate of drug-likeness (QED) is 0.718. The fraction of sp³-hybridized carbons (Fsp3) is 0.560. The number of amides is 1. The standard InChI is InChI=1S/C25H32N4O3/c1-15(2)22-21-14-32-25(5,6)11-19(21)20(12-26)23(27-22)28-8-9-29(16(3)13-28)24(30)18-7-10-31-17(18)4/h7,10,15-16H,8-9,11,13-14H2,1-6H3/t16-/m1/s1. The van der Waals surface area contributed by atoms with Crippen molar-refractivity contribution in [2.24, 2.45) is 0 Å². The maximum Gasteiger partial charge on any atom is 0.257 e. The number of fused-ring (bicyclic) bond motifs is 1. The molecule has 1 amide bonds. The third kappa shape index (κ3) is 3.88. The van der Waals surface area contributed by atoms with Crippen LogP contribution in [-0.4, -0.2) is 47.1 Å². The van der Waals surface area contributed by atoms with Gasteiger partial charge >= 0.3 is 0 Å². The highest BCUT2D eigenvalue weighted by molar-refractivity contribution is 5.95. The van der Waals surface area contributed by atoms with E-state index >= 15 is 0 Å². The highest BCUT2D eigenvalue weighted by Gasteiger charge is 2.36. The molecule has 0 saturated carbocycles. The molecule has 1 saturated heterocycles. The zero-order chi connectivity index (χ0) is 23.2. The van der Waals surface area contributed by atoms with Crippen molar-refractivity contribution in [3.8, 4) is 6.07 Å². The van der Waals surface area contributed by atoms with Crippen LogP contribution >= 0.6 is 0 Å². The predicted molar refractivity (Wildman–Crippen MR) is 122 cm³/mol. The number of nitrogens with zero attached hydrogens (tertiary/aromatic N) is 4. The van der Waals surface area contributed by atoms with Gasteiger partial charge in [0.05, 0.1) is 35.3 Å². The molecule has 32 heavy (non-hydrogen) atoms. The number of nitriles is 1. The van der Waals surface area contributed by atoms with E-state index in [2.05, 4.69) is 38.7 Å². The minimum Gasteiger partial charge on any atom is -0.469 e. The molecule has 0 aromatic carbocycles. The van der Waals surface area contributed by atoms with Gasteiger partial charge in [-0.3, -0.25) is 4.79 Å². The molecule has 0 aliphatic carbocycles. The van der Waals surface area contributed by atoms with Crippen LogP contribution < -0.4 is 4.90 Å². The molecule has 2 aliphatic rings. The van der Waals surface area contributed by atoms with E-state index in [0.29, 0.717) is 49.5 Å². The van der Waals surface area contributed by atoms with Crippen LogP contribution in [0.4, 0.5) is 5.82 Å². The number of anilines is 1. The number of piperazine rings is 1. The summed E-state index contributed by atoms with van der Waals surface area (Å²) < 4.78 is 11.4. The molecule has 2 aliphatic heterocycles. The Morgan fingerprint density at radius 3 is 2.66 bits per heavy atom. The minimum absolute atomic E-state index is 0.0101. The van der Waals surface area contributed by atoms with Gasteiger partial charge in [0.15, 0.2) is 0 Å². The Bertz CT molecular complexity index is 1080. The molecular formula is C25H32N4O3.